The number of hydrogen-bond acceptors (Lipinski definition) is 2. The van der Waals surface area contributed by atoms with Crippen molar-refractivity contribution in [3.05, 3.63) is 59.2 Å². The Morgan fingerprint density at radius 1 is 1.09 bits per heavy atom. The summed E-state index contributed by atoms with van der Waals surface area (Å²) in [6, 6.07) is 9.98. The Bertz CT molecular complexity index is 702. The first-order valence-electron chi connectivity index (χ1n) is 8.13. The molecule has 2 aromatic rings. The predicted octanol–water partition coefficient (Wildman–Crippen LogP) is 4.81. The van der Waals surface area contributed by atoms with E-state index in [0.717, 1.165) is 42.8 Å². The number of fused-ring (bicyclic) bond motifs is 1. The van der Waals surface area contributed by atoms with Crippen LogP contribution in [0.15, 0.2) is 36.4 Å². The molecule has 0 saturated carbocycles. The number of hydrogen-bond donors (Lipinski definition) is 1. The molecule has 1 heterocycles. The Morgan fingerprint density at radius 3 is 2.61 bits per heavy atom. The molecule has 4 heteroatoms. The summed E-state index contributed by atoms with van der Waals surface area (Å²) >= 11 is 0. The van der Waals surface area contributed by atoms with Gasteiger partial charge in [-0.1, -0.05) is 38.0 Å². The van der Waals surface area contributed by atoms with Crippen molar-refractivity contribution in [2.75, 3.05) is 18.0 Å². The zero-order valence-corrected chi connectivity index (χ0v) is 13.2. The number of nitrogens with zero attached hydrogens (tertiary/aromatic N) is 1. The quantitative estimate of drug-likeness (QED) is 0.800. The van der Waals surface area contributed by atoms with Crippen LogP contribution in [0.2, 0.25) is 0 Å². The van der Waals surface area contributed by atoms with Crippen molar-refractivity contribution in [1.82, 2.24) is 0 Å². The number of phenols is 1. The van der Waals surface area contributed by atoms with Gasteiger partial charge in [-0.2, -0.15) is 0 Å². The largest absolute Gasteiger partial charge is 0.508 e. The molecule has 23 heavy (non-hydrogen) atoms. The Hall–Kier alpha value is -2.10. The van der Waals surface area contributed by atoms with Crippen LogP contribution in [0.1, 0.15) is 43.2 Å². The zero-order chi connectivity index (χ0) is 16.4. The predicted molar refractivity (Wildman–Crippen MR) is 88.0 cm³/mol. The number of para-hydroxylation sites is 1. The normalized spacial score (nSPS) is 16.7. The fraction of sp³-hybridized carbons (Fsp3) is 0.368. The molecule has 0 aromatic heterocycles. The van der Waals surface area contributed by atoms with Crippen LogP contribution >= 0.6 is 0 Å². The molecule has 2 nitrogen and oxygen atoms in total. The van der Waals surface area contributed by atoms with Crippen molar-refractivity contribution < 1.29 is 13.9 Å². The number of aromatic hydroxyl groups is 1. The van der Waals surface area contributed by atoms with Gasteiger partial charge >= 0.3 is 0 Å². The average Bonchev–Trinajstić information content (AvgIpc) is 2.90. The molecule has 0 bridgehead atoms. The number of rotatable bonds is 5. The maximum absolute atomic E-state index is 13.6. The van der Waals surface area contributed by atoms with Gasteiger partial charge in [0.1, 0.15) is 5.75 Å². The summed E-state index contributed by atoms with van der Waals surface area (Å²) in [5.74, 6) is -2.25. The van der Waals surface area contributed by atoms with Crippen LogP contribution in [-0.2, 0) is 0 Å². The molecule has 1 aliphatic rings. The third-order valence-corrected chi connectivity index (χ3v) is 4.53. The lowest BCUT2D eigenvalue weighted by atomic mass is 9.92. The molecular formula is C19H21F2NO. The maximum atomic E-state index is 13.6. The Balaban J connectivity index is 1.94. The molecule has 0 fully saturated rings. The van der Waals surface area contributed by atoms with E-state index in [1.54, 1.807) is 0 Å². The molecule has 0 spiro atoms. The van der Waals surface area contributed by atoms with Crippen LogP contribution in [-0.4, -0.2) is 18.2 Å². The average molecular weight is 317 g/mol. The van der Waals surface area contributed by atoms with Gasteiger partial charge in [0.25, 0.3) is 0 Å². The van der Waals surface area contributed by atoms with Crippen LogP contribution in [0.4, 0.5) is 14.5 Å². The van der Waals surface area contributed by atoms with Gasteiger partial charge in [0.2, 0.25) is 0 Å². The van der Waals surface area contributed by atoms with Crippen molar-refractivity contribution in [3.8, 4) is 5.75 Å². The molecule has 0 aliphatic carbocycles. The van der Waals surface area contributed by atoms with Gasteiger partial charge in [-0.15, -0.1) is 0 Å². The van der Waals surface area contributed by atoms with E-state index in [0.29, 0.717) is 12.1 Å². The summed E-state index contributed by atoms with van der Waals surface area (Å²) in [6.45, 7) is 3.79. The minimum atomic E-state index is -1.02. The topological polar surface area (TPSA) is 23.5 Å². The molecule has 0 radical (unpaired) electrons. The van der Waals surface area contributed by atoms with Gasteiger partial charge in [0, 0.05) is 36.3 Å². The van der Waals surface area contributed by atoms with E-state index in [-0.39, 0.29) is 11.7 Å². The first-order chi connectivity index (χ1) is 11.1. The molecule has 122 valence electrons. The molecule has 1 unspecified atom stereocenters. The summed E-state index contributed by atoms with van der Waals surface area (Å²) < 4.78 is 26.9. The van der Waals surface area contributed by atoms with Crippen LogP contribution in [0.3, 0.4) is 0 Å². The SMILES string of the molecule is CCCCCN1CC(c2cc(F)c(F)cc2O)c2ccccc21. The van der Waals surface area contributed by atoms with E-state index in [9.17, 15) is 13.9 Å². The number of phenolic OH excluding ortho intramolecular Hbond substituents is 1. The van der Waals surface area contributed by atoms with Gasteiger partial charge < -0.3 is 10.0 Å². The Morgan fingerprint density at radius 2 is 1.83 bits per heavy atom. The molecule has 2 aromatic carbocycles. The van der Waals surface area contributed by atoms with Crippen LogP contribution in [0.25, 0.3) is 0 Å². The third kappa shape index (κ3) is 3.03. The molecule has 1 atom stereocenters. The Kier molecular flexibility index (Phi) is 4.51. The zero-order valence-electron chi connectivity index (χ0n) is 13.2. The lowest BCUT2D eigenvalue weighted by molar-refractivity contribution is 0.445. The monoisotopic (exact) mass is 317 g/mol. The van der Waals surface area contributed by atoms with Crippen LogP contribution in [0.5, 0.6) is 5.75 Å². The molecular weight excluding hydrogens is 296 g/mol. The molecule has 0 saturated heterocycles. The van der Waals surface area contributed by atoms with Crippen molar-refractivity contribution in [3.63, 3.8) is 0 Å². The second-order valence-corrected chi connectivity index (χ2v) is 6.09. The second kappa shape index (κ2) is 6.57. The van der Waals surface area contributed by atoms with E-state index in [1.807, 2.05) is 18.2 Å². The van der Waals surface area contributed by atoms with Gasteiger partial charge in [-0.3, -0.25) is 0 Å². The lowest BCUT2D eigenvalue weighted by Gasteiger charge is -2.20. The van der Waals surface area contributed by atoms with Gasteiger partial charge in [0.15, 0.2) is 11.6 Å². The van der Waals surface area contributed by atoms with Crippen molar-refractivity contribution in [2.45, 2.75) is 32.1 Å². The molecule has 0 amide bonds. The molecule has 1 N–H and O–H groups in total. The fourth-order valence-corrected chi connectivity index (χ4v) is 3.35. The van der Waals surface area contributed by atoms with Crippen LogP contribution in [0, 0.1) is 11.6 Å². The van der Waals surface area contributed by atoms with E-state index in [2.05, 4.69) is 17.9 Å². The van der Waals surface area contributed by atoms with Crippen molar-refractivity contribution >= 4 is 5.69 Å². The summed E-state index contributed by atoms with van der Waals surface area (Å²) in [4.78, 5) is 2.27. The Labute approximate surface area is 135 Å². The number of anilines is 1. The van der Waals surface area contributed by atoms with E-state index in [1.165, 1.54) is 6.42 Å². The minimum Gasteiger partial charge on any atom is -0.508 e. The second-order valence-electron chi connectivity index (χ2n) is 6.09. The van der Waals surface area contributed by atoms with Gasteiger partial charge in [0.05, 0.1) is 0 Å². The number of unbranched alkanes of at least 4 members (excludes halogenated alkanes) is 2. The highest BCUT2D eigenvalue weighted by molar-refractivity contribution is 5.64. The number of halogens is 2. The van der Waals surface area contributed by atoms with Crippen molar-refractivity contribution in [2.24, 2.45) is 0 Å². The van der Waals surface area contributed by atoms with E-state index in [4.69, 9.17) is 0 Å². The van der Waals surface area contributed by atoms with Gasteiger partial charge in [-0.25, -0.2) is 8.78 Å². The van der Waals surface area contributed by atoms with Crippen molar-refractivity contribution in [1.29, 1.82) is 0 Å². The first-order valence-corrected chi connectivity index (χ1v) is 8.13. The van der Waals surface area contributed by atoms with E-state index >= 15 is 0 Å². The highest BCUT2D eigenvalue weighted by Crippen LogP contribution is 2.43. The fourth-order valence-electron chi connectivity index (χ4n) is 3.35. The van der Waals surface area contributed by atoms with E-state index < -0.39 is 11.6 Å². The lowest BCUT2D eigenvalue weighted by Crippen LogP contribution is -2.23. The summed E-state index contributed by atoms with van der Waals surface area (Å²) in [7, 11) is 0. The summed E-state index contributed by atoms with van der Waals surface area (Å²) in [5.41, 5.74) is 2.64. The minimum absolute atomic E-state index is 0.136. The summed E-state index contributed by atoms with van der Waals surface area (Å²) in [6.07, 6.45) is 3.42. The summed E-state index contributed by atoms with van der Waals surface area (Å²) in [5, 5.41) is 10.1. The first kappa shape index (κ1) is 15.8. The molecule has 3 rings (SSSR count). The standard InChI is InChI=1S/C19H21F2NO/c1-2-3-6-9-22-12-15(13-7-4-5-8-18(13)22)14-10-16(20)17(21)11-19(14)23/h4-5,7-8,10-11,15,23H,2-3,6,9,12H2,1H3. The van der Waals surface area contributed by atoms with Crippen LogP contribution < -0.4 is 4.90 Å². The number of benzene rings is 2. The van der Waals surface area contributed by atoms with Gasteiger partial charge in [-0.05, 0) is 24.1 Å². The molecule has 1 aliphatic heterocycles. The third-order valence-electron chi connectivity index (χ3n) is 4.53. The smallest absolute Gasteiger partial charge is 0.162 e. The maximum Gasteiger partial charge on any atom is 0.162 e. The highest BCUT2D eigenvalue weighted by atomic mass is 19.2. The highest BCUT2D eigenvalue weighted by Gasteiger charge is 2.31.